The Hall–Kier alpha value is -2.44. The first kappa shape index (κ1) is 13.0. The lowest BCUT2D eigenvalue weighted by molar-refractivity contribution is -0.384. The fourth-order valence-electron chi connectivity index (χ4n) is 1.83. The van der Waals surface area contributed by atoms with E-state index in [1.165, 1.54) is 12.1 Å². The van der Waals surface area contributed by atoms with Crippen molar-refractivity contribution in [3.8, 4) is 0 Å². The Morgan fingerprint density at radius 1 is 1.47 bits per heavy atom. The maximum absolute atomic E-state index is 11.7. The largest absolute Gasteiger partial charge is 0.478 e. The predicted octanol–water partition coefficient (Wildman–Crippen LogP) is 1.89. The highest BCUT2D eigenvalue weighted by atomic mass is 16.6. The first-order valence-corrected chi connectivity index (χ1v) is 5.72. The molecule has 0 spiro atoms. The van der Waals surface area contributed by atoms with Gasteiger partial charge in [0.05, 0.1) is 10.5 Å². The van der Waals surface area contributed by atoms with Gasteiger partial charge in [-0.2, -0.15) is 0 Å². The molecule has 100 valence electrons. The number of nitro groups is 1. The van der Waals surface area contributed by atoms with Crippen LogP contribution in [0.1, 0.15) is 23.7 Å². The van der Waals surface area contributed by atoms with E-state index >= 15 is 0 Å². The summed E-state index contributed by atoms with van der Waals surface area (Å²) in [6.07, 6.45) is 0.771. The van der Waals surface area contributed by atoms with Crippen LogP contribution >= 0.6 is 0 Å². The van der Waals surface area contributed by atoms with E-state index in [1.54, 1.807) is 0 Å². The molecule has 2 rings (SSSR count). The van der Waals surface area contributed by atoms with E-state index in [4.69, 9.17) is 5.11 Å². The summed E-state index contributed by atoms with van der Waals surface area (Å²) >= 11 is 0. The Morgan fingerprint density at radius 2 is 2.11 bits per heavy atom. The lowest BCUT2D eigenvalue weighted by Gasteiger charge is -2.06. The topological polar surface area (TPSA) is 110 Å². The monoisotopic (exact) mass is 264 g/mol. The third kappa shape index (κ3) is 2.70. The predicted molar refractivity (Wildman–Crippen MR) is 66.0 cm³/mol. The van der Waals surface area contributed by atoms with Gasteiger partial charge in [-0.25, -0.2) is 4.79 Å². The zero-order valence-corrected chi connectivity index (χ0v) is 10.1. The van der Waals surface area contributed by atoms with Crippen molar-refractivity contribution >= 4 is 23.3 Å². The minimum absolute atomic E-state index is 0.0269. The van der Waals surface area contributed by atoms with Crippen molar-refractivity contribution < 1.29 is 19.6 Å². The maximum Gasteiger partial charge on any atom is 0.335 e. The van der Waals surface area contributed by atoms with Gasteiger partial charge in [0.15, 0.2) is 0 Å². The fourth-order valence-corrected chi connectivity index (χ4v) is 1.83. The van der Waals surface area contributed by atoms with Crippen LogP contribution in [-0.4, -0.2) is 21.9 Å². The van der Waals surface area contributed by atoms with Crippen molar-refractivity contribution in [2.75, 3.05) is 5.32 Å². The minimum atomic E-state index is -1.25. The molecule has 19 heavy (non-hydrogen) atoms. The molecule has 1 saturated carbocycles. The number of carboxylic acids is 1. The Bertz CT molecular complexity index is 569. The molecule has 0 aromatic heterocycles. The summed E-state index contributed by atoms with van der Waals surface area (Å²) in [7, 11) is 0. The van der Waals surface area contributed by atoms with Gasteiger partial charge in [-0.3, -0.25) is 14.9 Å². The maximum atomic E-state index is 11.7. The molecule has 0 saturated heterocycles. The molecule has 7 nitrogen and oxygen atoms in total. The lowest BCUT2D eigenvalue weighted by atomic mass is 10.1. The Morgan fingerprint density at radius 3 is 2.58 bits per heavy atom. The van der Waals surface area contributed by atoms with Crippen molar-refractivity contribution in [3.63, 3.8) is 0 Å². The van der Waals surface area contributed by atoms with Gasteiger partial charge in [0, 0.05) is 12.0 Å². The van der Waals surface area contributed by atoms with Gasteiger partial charge >= 0.3 is 5.97 Å². The summed E-state index contributed by atoms with van der Waals surface area (Å²) in [5, 5.41) is 22.2. The van der Waals surface area contributed by atoms with Crippen molar-refractivity contribution in [1.82, 2.24) is 0 Å². The highest BCUT2D eigenvalue weighted by Gasteiger charge is 2.39. The number of anilines is 1. The molecule has 0 heterocycles. The summed E-state index contributed by atoms with van der Waals surface area (Å²) in [4.78, 5) is 32.7. The minimum Gasteiger partial charge on any atom is -0.478 e. The normalized spacial score (nSPS) is 20.7. The van der Waals surface area contributed by atoms with Gasteiger partial charge < -0.3 is 10.4 Å². The number of hydrogen-bond donors (Lipinski definition) is 2. The molecule has 0 radical (unpaired) electrons. The number of nitro benzene ring substituents is 1. The van der Waals surface area contributed by atoms with Crippen LogP contribution in [0.3, 0.4) is 0 Å². The molecule has 7 heteroatoms. The number of nitrogens with one attached hydrogen (secondary N) is 1. The molecule has 2 N–H and O–H groups in total. The smallest absolute Gasteiger partial charge is 0.335 e. The molecule has 1 fully saturated rings. The van der Waals surface area contributed by atoms with Crippen LogP contribution in [0.2, 0.25) is 0 Å². The van der Waals surface area contributed by atoms with Crippen LogP contribution in [0.5, 0.6) is 0 Å². The molecule has 2 atom stereocenters. The molecule has 1 amide bonds. The number of benzene rings is 1. The number of nitrogens with zero attached hydrogens (tertiary/aromatic N) is 1. The van der Waals surface area contributed by atoms with Gasteiger partial charge in [-0.15, -0.1) is 0 Å². The van der Waals surface area contributed by atoms with Gasteiger partial charge in [0.2, 0.25) is 5.91 Å². The van der Waals surface area contributed by atoms with E-state index in [2.05, 4.69) is 5.32 Å². The second-order valence-corrected chi connectivity index (χ2v) is 4.60. The number of carbonyl (C=O) groups excluding carboxylic acids is 1. The van der Waals surface area contributed by atoms with E-state index < -0.39 is 16.6 Å². The second-order valence-electron chi connectivity index (χ2n) is 4.60. The molecule has 1 aliphatic rings. The van der Waals surface area contributed by atoms with Crippen LogP contribution in [0.15, 0.2) is 18.2 Å². The third-order valence-electron chi connectivity index (χ3n) is 3.15. The number of amides is 1. The van der Waals surface area contributed by atoms with Crippen molar-refractivity contribution in [3.05, 3.63) is 33.9 Å². The van der Waals surface area contributed by atoms with Gasteiger partial charge in [-0.05, 0) is 24.5 Å². The molecule has 1 aromatic carbocycles. The van der Waals surface area contributed by atoms with Crippen LogP contribution in [0, 0.1) is 22.0 Å². The summed E-state index contributed by atoms with van der Waals surface area (Å²) < 4.78 is 0. The molecule has 1 aliphatic carbocycles. The van der Waals surface area contributed by atoms with Crippen LogP contribution < -0.4 is 5.32 Å². The van der Waals surface area contributed by atoms with E-state index in [9.17, 15) is 19.7 Å². The molecule has 1 aromatic rings. The van der Waals surface area contributed by atoms with E-state index in [0.29, 0.717) is 0 Å². The van der Waals surface area contributed by atoms with Crippen molar-refractivity contribution in [2.24, 2.45) is 11.8 Å². The van der Waals surface area contributed by atoms with Crippen LogP contribution in [-0.2, 0) is 4.79 Å². The lowest BCUT2D eigenvalue weighted by Crippen LogP contribution is -2.15. The zero-order chi connectivity index (χ0) is 14.2. The molecule has 2 unspecified atom stereocenters. The number of carbonyl (C=O) groups is 2. The fraction of sp³-hybridized carbons (Fsp3) is 0.333. The average molecular weight is 264 g/mol. The average Bonchev–Trinajstić information content (AvgIpc) is 3.06. The standard InChI is InChI=1S/C12H12N2O5/c1-6-4-8(6)11(15)13-9-3-2-7(12(16)17)5-10(9)14(18)19/h2-3,5-6,8H,4H2,1H3,(H,13,15)(H,16,17). The van der Waals surface area contributed by atoms with Crippen LogP contribution in [0.25, 0.3) is 0 Å². The number of aromatic carboxylic acids is 1. The van der Waals surface area contributed by atoms with E-state index in [-0.39, 0.29) is 29.0 Å². The second kappa shape index (κ2) is 4.68. The molecule has 0 aliphatic heterocycles. The van der Waals surface area contributed by atoms with Crippen molar-refractivity contribution in [2.45, 2.75) is 13.3 Å². The summed E-state index contributed by atoms with van der Waals surface area (Å²) in [6.45, 7) is 1.92. The van der Waals surface area contributed by atoms with Gasteiger partial charge in [-0.1, -0.05) is 6.92 Å². The number of hydrogen-bond acceptors (Lipinski definition) is 4. The SMILES string of the molecule is CC1CC1C(=O)Nc1ccc(C(=O)O)cc1[N+](=O)[O-]. The first-order valence-electron chi connectivity index (χ1n) is 5.72. The zero-order valence-electron chi connectivity index (χ0n) is 10.1. The third-order valence-corrected chi connectivity index (χ3v) is 3.15. The Labute approximate surface area is 108 Å². The summed E-state index contributed by atoms with van der Waals surface area (Å²) in [6, 6.07) is 3.40. The highest BCUT2D eigenvalue weighted by molar-refractivity contribution is 5.97. The number of carboxylic acid groups (broad SMARTS) is 1. The van der Waals surface area contributed by atoms with Crippen molar-refractivity contribution in [1.29, 1.82) is 0 Å². The summed E-state index contributed by atoms with van der Waals surface area (Å²) in [5.41, 5.74) is -0.579. The molecular weight excluding hydrogens is 252 g/mol. The Balaban J connectivity index is 2.26. The van der Waals surface area contributed by atoms with E-state index in [1.807, 2.05) is 6.92 Å². The molecular formula is C12H12N2O5. The van der Waals surface area contributed by atoms with Gasteiger partial charge in [0.1, 0.15) is 5.69 Å². The summed E-state index contributed by atoms with van der Waals surface area (Å²) in [5.74, 6) is -1.34. The van der Waals surface area contributed by atoms with E-state index in [0.717, 1.165) is 12.5 Å². The van der Waals surface area contributed by atoms with Gasteiger partial charge in [0.25, 0.3) is 5.69 Å². The first-order chi connectivity index (χ1) is 8.90. The highest BCUT2D eigenvalue weighted by Crippen LogP contribution is 2.39. The number of rotatable bonds is 4. The Kier molecular flexibility index (Phi) is 3.20. The van der Waals surface area contributed by atoms with Crippen LogP contribution in [0.4, 0.5) is 11.4 Å². The quantitative estimate of drug-likeness (QED) is 0.637. The molecule has 0 bridgehead atoms.